The predicted octanol–water partition coefficient (Wildman–Crippen LogP) is 1.99. The quantitative estimate of drug-likeness (QED) is 0.925. The molecule has 1 aromatic rings. The molecule has 1 amide bonds. The van der Waals surface area contributed by atoms with Crippen LogP contribution in [0.2, 0.25) is 0 Å². The number of hydrogen-bond acceptors (Lipinski definition) is 3. The summed E-state index contributed by atoms with van der Waals surface area (Å²) in [4.78, 5) is 17.0. The SMILES string of the molecule is C[C@H]1CN(Cc2ccccc2)CCN1C(=O)CC1(N)CCC1. The Morgan fingerprint density at radius 2 is 2.00 bits per heavy atom. The Kier molecular flexibility index (Phi) is 4.50. The Morgan fingerprint density at radius 1 is 1.27 bits per heavy atom. The molecular formula is C18H27N3O. The van der Waals surface area contributed by atoms with Crippen LogP contribution in [0.5, 0.6) is 0 Å². The van der Waals surface area contributed by atoms with E-state index in [1.54, 1.807) is 0 Å². The minimum absolute atomic E-state index is 0.210. The minimum atomic E-state index is -0.210. The average Bonchev–Trinajstić information content (AvgIpc) is 2.46. The summed E-state index contributed by atoms with van der Waals surface area (Å²) in [5.41, 5.74) is 7.35. The fraction of sp³-hybridized carbons (Fsp3) is 0.611. The van der Waals surface area contributed by atoms with Crippen molar-refractivity contribution >= 4 is 5.91 Å². The van der Waals surface area contributed by atoms with Crippen molar-refractivity contribution < 1.29 is 4.79 Å². The first-order chi connectivity index (χ1) is 10.6. The molecule has 1 saturated heterocycles. The first-order valence-corrected chi connectivity index (χ1v) is 8.40. The Labute approximate surface area is 133 Å². The van der Waals surface area contributed by atoms with Gasteiger partial charge < -0.3 is 10.6 Å². The summed E-state index contributed by atoms with van der Waals surface area (Å²) in [6, 6.07) is 10.8. The van der Waals surface area contributed by atoms with E-state index in [-0.39, 0.29) is 17.5 Å². The molecule has 1 saturated carbocycles. The third kappa shape index (κ3) is 3.50. The van der Waals surface area contributed by atoms with Crippen LogP contribution in [0, 0.1) is 0 Å². The van der Waals surface area contributed by atoms with Gasteiger partial charge in [-0.3, -0.25) is 9.69 Å². The molecule has 0 aromatic heterocycles. The molecular weight excluding hydrogens is 274 g/mol. The number of piperazine rings is 1. The van der Waals surface area contributed by atoms with Gasteiger partial charge in [0.15, 0.2) is 0 Å². The van der Waals surface area contributed by atoms with Gasteiger partial charge in [-0.2, -0.15) is 0 Å². The molecule has 1 atom stereocenters. The summed E-state index contributed by atoms with van der Waals surface area (Å²) in [5, 5.41) is 0. The zero-order valence-electron chi connectivity index (χ0n) is 13.5. The van der Waals surface area contributed by atoms with Gasteiger partial charge in [0.05, 0.1) is 0 Å². The Morgan fingerprint density at radius 3 is 2.59 bits per heavy atom. The number of carbonyl (C=O) groups is 1. The zero-order chi connectivity index (χ0) is 15.6. The standard InChI is InChI=1S/C18H27N3O/c1-15-13-20(14-16-6-3-2-4-7-16)10-11-21(15)17(22)12-18(19)8-5-9-18/h2-4,6-7,15H,5,8-14,19H2,1H3/t15-/m0/s1. The average molecular weight is 301 g/mol. The summed E-state index contributed by atoms with van der Waals surface area (Å²) in [5.74, 6) is 0.245. The highest BCUT2D eigenvalue weighted by Crippen LogP contribution is 2.33. The van der Waals surface area contributed by atoms with Crippen LogP contribution in [0.4, 0.5) is 0 Å². The highest BCUT2D eigenvalue weighted by Gasteiger charge is 2.37. The Hall–Kier alpha value is -1.39. The molecule has 4 heteroatoms. The Balaban J connectivity index is 1.52. The van der Waals surface area contributed by atoms with Crippen molar-refractivity contribution in [2.75, 3.05) is 19.6 Å². The second-order valence-electron chi connectivity index (χ2n) is 7.05. The molecule has 0 bridgehead atoms. The lowest BCUT2D eigenvalue weighted by Gasteiger charge is -2.43. The summed E-state index contributed by atoms with van der Waals surface area (Å²) in [7, 11) is 0. The largest absolute Gasteiger partial charge is 0.337 e. The predicted molar refractivity (Wildman–Crippen MR) is 88.3 cm³/mol. The lowest BCUT2D eigenvalue weighted by molar-refractivity contribution is -0.137. The second-order valence-corrected chi connectivity index (χ2v) is 7.05. The fourth-order valence-corrected chi connectivity index (χ4v) is 3.60. The van der Waals surface area contributed by atoms with Gasteiger partial charge in [0.25, 0.3) is 0 Å². The van der Waals surface area contributed by atoms with Gasteiger partial charge in [0.1, 0.15) is 0 Å². The number of carbonyl (C=O) groups excluding carboxylic acids is 1. The molecule has 120 valence electrons. The van der Waals surface area contributed by atoms with Crippen LogP contribution in [-0.2, 0) is 11.3 Å². The maximum atomic E-state index is 12.5. The van der Waals surface area contributed by atoms with Gasteiger partial charge in [-0.1, -0.05) is 30.3 Å². The first kappa shape index (κ1) is 15.5. The minimum Gasteiger partial charge on any atom is -0.337 e. The molecule has 3 rings (SSSR count). The normalized spacial score (nSPS) is 24.8. The van der Waals surface area contributed by atoms with Gasteiger partial charge in [-0.25, -0.2) is 0 Å². The van der Waals surface area contributed by atoms with Crippen molar-refractivity contribution in [2.24, 2.45) is 5.73 Å². The fourth-order valence-electron chi connectivity index (χ4n) is 3.60. The van der Waals surface area contributed by atoms with Crippen LogP contribution in [-0.4, -0.2) is 46.9 Å². The van der Waals surface area contributed by atoms with Crippen LogP contribution in [0.3, 0.4) is 0 Å². The number of nitrogens with two attached hydrogens (primary N) is 1. The lowest BCUT2D eigenvalue weighted by Crippen LogP contribution is -2.57. The molecule has 0 spiro atoms. The molecule has 1 aliphatic heterocycles. The van der Waals surface area contributed by atoms with E-state index in [9.17, 15) is 4.79 Å². The molecule has 22 heavy (non-hydrogen) atoms. The molecule has 4 nitrogen and oxygen atoms in total. The van der Waals surface area contributed by atoms with Crippen molar-refractivity contribution in [3.63, 3.8) is 0 Å². The first-order valence-electron chi connectivity index (χ1n) is 8.40. The molecule has 2 N–H and O–H groups in total. The molecule has 0 unspecified atom stereocenters. The second kappa shape index (κ2) is 6.39. The topological polar surface area (TPSA) is 49.6 Å². The van der Waals surface area contributed by atoms with Crippen molar-refractivity contribution in [3.05, 3.63) is 35.9 Å². The molecule has 2 fully saturated rings. The third-order valence-corrected chi connectivity index (χ3v) is 5.13. The van der Waals surface area contributed by atoms with E-state index in [4.69, 9.17) is 5.73 Å². The van der Waals surface area contributed by atoms with Crippen molar-refractivity contribution in [1.82, 2.24) is 9.80 Å². The van der Waals surface area contributed by atoms with E-state index in [1.807, 2.05) is 11.0 Å². The van der Waals surface area contributed by atoms with E-state index in [0.717, 1.165) is 39.0 Å². The number of hydrogen-bond donors (Lipinski definition) is 1. The van der Waals surface area contributed by atoms with Gasteiger partial charge >= 0.3 is 0 Å². The van der Waals surface area contributed by atoms with E-state index in [0.29, 0.717) is 6.42 Å². The maximum Gasteiger partial charge on any atom is 0.224 e. The smallest absolute Gasteiger partial charge is 0.224 e. The number of nitrogens with zero attached hydrogens (tertiary/aromatic N) is 2. The van der Waals surface area contributed by atoms with E-state index in [2.05, 4.69) is 36.1 Å². The monoisotopic (exact) mass is 301 g/mol. The summed E-state index contributed by atoms with van der Waals surface area (Å²) in [6.07, 6.45) is 3.70. The maximum absolute atomic E-state index is 12.5. The number of benzene rings is 1. The van der Waals surface area contributed by atoms with Crippen LogP contribution in [0.1, 0.15) is 38.2 Å². The summed E-state index contributed by atoms with van der Waals surface area (Å²) < 4.78 is 0. The van der Waals surface area contributed by atoms with Gasteiger partial charge in [-0.05, 0) is 31.7 Å². The highest BCUT2D eigenvalue weighted by atomic mass is 16.2. The van der Waals surface area contributed by atoms with Crippen molar-refractivity contribution in [3.8, 4) is 0 Å². The van der Waals surface area contributed by atoms with Crippen LogP contribution in [0.25, 0.3) is 0 Å². The number of amides is 1. The highest BCUT2D eigenvalue weighted by molar-refractivity contribution is 5.78. The molecule has 0 radical (unpaired) electrons. The van der Waals surface area contributed by atoms with Crippen molar-refractivity contribution in [1.29, 1.82) is 0 Å². The van der Waals surface area contributed by atoms with Gasteiger partial charge in [0, 0.05) is 44.2 Å². The van der Waals surface area contributed by atoms with Gasteiger partial charge in [-0.15, -0.1) is 0 Å². The van der Waals surface area contributed by atoms with E-state index < -0.39 is 0 Å². The van der Waals surface area contributed by atoms with E-state index in [1.165, 1.54) is 12.0 Å². The van der Waals surface area contributed by atoms with Crippen LogP contribution < -0.4 is 5.73 Å². The zero-order valence-corrected chi connectivity index (χ0v) is 13.5. The van der Waals surface area contributed by atoms with Crippen molar-refractivity contribution in [2.45, 2.75) is 50.7 Å². The molecule has 1 heterocycles. The molecule has 2 aliphatic rings. The Bertz CT molecular complexity index is 512. The summed E-state index contributed by atoms with van der Waals surface area (Å²) >= 11 is 0. The van der Waals surface area contributed by atoms with E-state index >= 15 is 0 Å². The lowest BCUT2D eigenvalue weighted by atomic mass is 9.75. The molecule has 1 aromatic carbocycles. The number of rotatable bonds is 4. The van der Waals surface area contributed by atoms with Crippen LogP contribution in [0.15, 0.2) is 30.3 Å². The third-order valence-electron chi connectivity index (χ3n) is 5.13. The van der Waals surface area contributed by atoms with Gasteiger partial charge in [0.2, 0.25) is 5.91 Å². The van der Waals surface area contributed by atoms with Crippen LogP contribution >= 0.6 is 0 Å². The molecule has 1 aliphatic carbocycles. The summed E-state index contributed by atoms with van der Waals surface area (Å²) in [6.45, 7) is 5.83.